The van der Waals surface area contributed by atoms with Crippen LogP contribution in [-0.2, 0) is 11.2 Å². The Morgan fingerprint density at radius 3 is 2.62 bits per heavy atom. The maximum absolute atomic E-state index is 12.9. The molecular formula is C21H23NO4. The maximum atomic E-state index is 12.9. The van der Waals surface area contributed by atoms with Gasteiger partial charge in [-0.2, -0.15) is 0 Å². The zero-order valence-corrected chi connectivity index (χ0v) is 14.9. The molecule has 2 aliphatic heterocycles. The van der Waals surface area contributed by atoms with E-state index >= 15 is 0 Å². The summed E-state index contributed by atoms with van der Waals surface area (Å²) in [4.78, 5) is 14.7. The number of para-hydroxylation sites is 3. The second kappa shape index (κ2) is 7.28. The largest absolute Gasteiger partial charge is 0.493 e. The summed E-state index contributed by atoms with van der Waals surface area (Å²) in [5, 5.41) is 0. The van der Waals surface area contributed by atoms with E-state index in [9.17, 15) is 4.79 Å². The van der Waals surface area contributed by atoms with Crippen LogP contribution >= 0.6 is 0 Å². The van der Waals surface area contributed by atoms with E-state index in [4.69, 9.17) is 14.2 Å². The van der Waals surface area contributed by atoms with E-state index in [1.807, 2.05) is 53.4 Å². The lowest BCUT2D eigenvalue weighted by atomic mass is 9.94. The number of hydrogen-bond donors (Lipinski definition) is 0. The molecule has 2 heterocycles. The Morgan fingerprint density at radius 1 is 1.08 bits per heavy atom. The number of ether oxygens (including phenoxy) is 3. The van der Waals surface area contributed by atoms with Gasteiger partial charge in [0.25, 0.3) is 0 Å². The van der Waals surface area contributed by atoms with Gasteiger partial charge in [-0.1, -0.05) is 30.3 Å². The molecule has 0 radical (unpaired) electrons. The van der Waals surface area contributed by atoms with Crippen molar-refractivity contribution in [1.29, 1.82) is 0 Å². The fourth-order valence-electron chi connectivity index (χ4n) is 3.55. The standard InChI is InChI=1S/C21H23NO4/c1-24-19-8-4-5-9-20(19)26-17-13-22(14-17)21(23)16-10-11-25-18-7-3-2-6-15(18)12-16/h2-9,16-17H,10-14H2,1H3/t16-/m0/s1. The van der Waals surface area contributed by atoms with Crippen LogP contribution < -0.4 is 14.2 Å². The smallest absolute Gasteiger partial charge is 0.226 e. The van der Waals surface area contributed by atoms with Gasteiger partial charge in [0, 0.05) is 5.92 Å². The Balaban J connectivity index is 1.35. The molecular weight excluding hydrogens is 330 g/mol. The molecule has 0 spiro atoms. The number of carbonyl (C=O) groups is 1. The molecule has 2 aromatic rings. The first-order valence-electron chi connectivity index (χ1n) is 9.04. The van der Waals surface area contributed by atoms with Gasteiger partial charge in [0.05, 0.1) is 26.8 Å². The Labute approximate surface area is 153 Å². The minimum absolute atomic E-state index is 0.0181. The van der Waals surface area contributed by atoms with Gasteiger partial charge in [-0.15, -0.1) is 0 Å². The Morgan fingerprint density at radius 2 is 1.81 bits per heavy atom. The highest BCUT2D eigenvalue weighted by atomic mass is 16.5. The predicted molar refractivity (Wildman–Crippen MR) is 97.7 cm³/mol. The van der Waals surface area contributed by atoms with Gasteiger partial charge in [-0.25, -0.2) is 0 Å². The van der Waals surface area contributed by atoms with Crippen LogP contribution in [0, 0.1) is 5.92 Å². The van der Waals surface area contributed by atoms with Crippen molar-refractivity contribution in [3.05, 3.63) is 54.1 Å². The summed E-state index contributed by atoms with van der Waals surface area (Å²) in [5.41, 5.74) is 1.12. The molecule has 0 N–H and O–H groups in total. The van der Waals surface area contributed by atoms with E-state index in [1.165, 1.54) is 0 Å². The normalized spacial score (nSPS) is 19.6. The molecule has 5 nitrogen and oxygen atoms in total. The van der Waals surface area contributed by atoms with Gasteiger partial charge in [0.15, 0.2) is 11.5 Å². The number of carbonyl (C=O) groups excluding carboxylic acids is 1. The van der Waals surface area contributed by atoms with Gasteiger partial charge in [0.1, 0.15) is 11.9 Å². The zero-order chi connectivity index (χ0) is 17.9. The third-order valence-corrected chi connectivity index (χ3v) is 5.03. The summed E-state index contributed by atoms with van der Waals surface area (Å²) in [6.45, 7) is 1.83. The molecule has 2 aliphatic rings. The molecule has 0 unspecified atom stereocenters. The molecule has 1 amide bonds. The Hall–Kier alpha value is -2.69. The van der Waals surface area contributed by atoms with E-state index in [0.717, 1.165) is 35.7 Å². The van der Waals surface area contributed by atoms with E-state index in [1.54, 1.807) is 7.11 Å². The van der Waals surface area contributed by atoms with Crippen LogP contribution in [0.5, 0.6) is 17.2 Å². The summed E-state index contributed by atoms with van der Waals surface area (Å²) in [6.07, 6.45) is 1.51. The van der Waals surface area contributed by atoms with Crippen molar-refractivity contribution in [1.82, 2.24) is 4.90 Å². The Bertz CT molecular complexity index is 785. The van der Waals surface area contributed by atoms with Crippen LogP contribution in [0.15, 0.2) is 48.5 Å². The second-order valence-corrected chi connectivity index (χ2v) is 6.78. The topological polar surface area (TPSA) is 48.0 Å². The number of methoxy groups -OCH3 is 1. The SMILES string of the molecule is COc1ccccc1OC1CN(C(=O)[C@H]2CCOc3ccccc3C2)C1. The van der Waals surface area contributed by atoms with Crippen LogP contribution in [0.2, 0.25) is 0 Å². The van der Waals surface area contributed by atoms with E-state index in [2.05, 4.69) is 0 Å². The summed E-state index contributed by atoms with van der Waals surface area (Å²) < 4.78 is 17.1. The van der Waals surface area contributed by atoms with Crippen molar-refractivity contribution in [2.75, 3.05) is 26.8 Å². The molecule has 136 valence electrons. The molecule has 1 atom stereocenters. The van der Waals surface area contributed by atoms with Gasteiger partial charge in [-0.05, 0) is 36.6 Å². The molecule has 5 heteroatoms. The number of hydrogen-bond acceptors (Lipinski definition) is 4. The average Bonchev–Trinajstić information content (AvgIpc) is 2.86. The zero-order valence-electron chi connectivity index (χ0n) is 14.9. The molecule has 4 rings (SSSR count). The summed E-state index contributed by atoms with van der Waals surface area (Å²) in [7, 11) is 1.63. The maximum Gasteiger partial charge on any atom is 0.226 e. The molecule has 0 saturated carbocycles. The molecule has 26 heavy (non-hydrogen) atoms. The van der Waals surface area contributed by atoms with Crippen molar-refractivity contribution in [3.63, 3.8) is 0 Å². The molecule has 2 aromatic carbocycles. The first kappa shape index (κ1) is 16.8. The first-order valence-corrected chi connectivity index (χ1v) is 9.04. The Kier molecular flexibility index (Phi) is 4.69. The van der Waals surface area contributed by atoms with Gasteiger partial charge < -0.3 is 19.1 Å². The summed E-state index contributed by atoms with van der Waals surface area (Å²) in [5.74, 6) is 2.53. The van der Waals surface area contributed by atoms with Crippen molar-refractivity contribution >= 4 is 5.91 Å². The number of likely N-dealkylation sites (tertiary alicyclic amines) is 1. The molecule has 1 fully saturated rings. The number of amides is 1. The highest BCUT2D eigenvalue weighted by Crippen LogP contribution is 2.31. The van der Waals surface area contributed by atoms with Crippen LogP contribution in [0.3, 0.4) is 0 Å². The van der Waals surface area contributed by atoms with Crippen molar-refractivity contribution < 1.29 is 19.0 Å². The fraction of sp³-hybridized carbons (Fsp3) is 0.381. The van der Waals surface area contributed by atoms with E-state index < -0.39 is 0 Å². The minimum atomic E-state index is -0.0224. The lowest BCUT2D eigenvalue weighted by Gasteiger charge is -2.40. The highest BCUT2D eigenvalue weighted by Gasteiger charge is 2.36. The van der Waals surface area contributed by atoms with E-state index in [0.29, 0.717) is 19.7 Å². The number of rotatable bonds is 4. The molecule has 0 bridgehead atoms. The quantitative estimate of drug-likeness (QED) is 0.848. The first-order chi connectivity index (χ1) is 12.7. The van der Waals surface area contributed by atoms with Gasteiger partial charge in [-0.3, -0.25) is 4.79 Å². The monoisotopic (exact) mass is 353 g/mol. The third-order valence-electron chi connectivity index (χ3n) is 5.03. The number of fused-ring (bicyclic) bond motifs is 1. The third kappa shape index (κ3) is 3.34. The average molecular weight is 353 g/mol. The van der Waals surface area contributed by atoms with E-state index in [-0.39, 0.29) is 17.9 Å². The van der Waals surface area contributed by atoms with Crippen molar-refractivity contribution in [3.8, 4) is 17.2 Å². The minimum Gasteiger partial charge on any atom is -0.493 e. The fourth-order valence-corrected chi connectivity index (χ4v) is 3.55. The predicted octanol–water partition coefficient (Wildman–Crippen LogP) is 2.93. The van der Waals surface area contributed by atoms with Crippen LogP contribution in [0.1, 0.15) is 12.0 Å². The van der Waals surface area contributed by atoms with Crippen molar-refractivity contribution in [2.24, 2.45) is 5.92 Å². The lowest BCUT2D eigenvalue weighted by Crippen LogP contribution is -2.57. The van der Waals surface area contributed by atoms with Gasteiger partial charge in [0.2, 0.25) is 5.91 Å². The molecule has 1 saturated heterocycles. The lowest BCUT2D eigenvalue weighted by molar-refractivity contribution is -0.144. The molecule has 0 aromatic heterocycles. The van der Waals surface area contributed by atoms with Crippen LogP contribution in [0.4, 0.5) is 0 Å². The summed E-state index contributed by atoms with van der Waals surface area (Å²) in [6, 6.07) is 15.6. The van der Waals surface area contributed by atoms with Crippen LogP contribution in [-0.4, -0.2) is 43.7 Å². The summed E-state index contributed by atoms with van der Waals surface area (Å²) >= 11 is 0. The van der Waals surface area contributed by atoms with Gasteiger partial charge >= 0.3 is 0 Å². The van der Waals surface area contributed by atoms with Crippen LogP contribution in [0.25, 0.3) is 0 Å². The second-order valence-electron chi connectivity index (χ2n) is 6.78. The molecule has 0 aliphatic carbocycles. The highest BCUT2D eigenvalue weighted by molar-refractivity contribution is 5.80. The number of benzene rings is 2. The number of nitrogens with zero attached hydrogens (tertiary/aromatic N) is 1. The van der Waals surface area contributed by atoms with Crippen molar-refractivity contribution in [2.45, 2.75) is 18.9 Å².